The van der Waals surface area contributed by atoms with Crippen LogP contribution in [0.1, 0.15) is 89.0 Å². The molecule has 3 rings (SSSR count). The van der Waals surface area contributed by atoms with Gasteiger partial charge in [-0.2, -0.15) is 0 Å². The maximum Gasteiger partial charge on any atom is 0.127 e. The second-order valence-electron chi connectivity index (χ2n) is 6.50. The largest absolute Gasteiger partial charge is 0.507 e. The fourth-order valence-electron chi connectivity index (χ4n) is 3.36. The van der Waals surface area contributed by atoms with Gasteiger partial charge in [0.1, 0.15) is 17.1 Å². The predicted molar refractivity (Wildman–Crippen MR) is 95.3 cm³/mol. The number of hydrogen-bond donors (Lipinski definition) is 1. The fourth-order valence-corrected chi connectivity index (χ4v) is 3.36. The molecule has 0 radical (unpaired) electrons. The first-order chi connectivity index (χ1) is 14.5. The lowest BCUT2D eigenvalue weighted by atomic mass is 9.68. The first-order valence-electron chi connectivity index (χ1n) is 12.8. The molecule has 1 heterocycles. The molecule has 0 unspecified atom stereocenters. The van der Waals surface area contributed by atoms with Gasteiger partial charge in [0.15, 0.2) is 0 Å². The van der Waals surface area contributed by atoms with Crippen molar-refractivity contribution in [2.45, 2.75) is 77.5 Å². The van der Waals surface area contributed by atoms with E-state index in [1.165, 1.54) is 25.1 Å². The smallest absolute Gasteiger partial charge is 0.127 e. The molecule has 2 atom stereocenters. The van der Waals surface area contributed by atoms with E-state index in [9.17, 15) is 6.48 Å². The predicted octanol–water partition coefficient (Wildman–Crippen LogP) is 5.74. The van der Waals surface area contributed by atoms with E-state index in [0.29, 0.717) is 12.0 Å². The van der Waals surface area contributed by atoms with E-state index in [4.69, 9.17) is 15.7 Å². The molecule has 2 heteroatoms. The lowest BCUT2D eigenvalue weighted by Crippen LogP contribution is -2.45. The molecule has 1 aromatic carbocycles. The molecule has 0 spiro atoms. The second-order valence-corrected chi connectivity index (χ2v) is 6.50. The topological polar surface area (TPSA) is 29.5 Å². The maximum atomic E-state index is 10.9. The van der Waals surface area contributed by atoms with Crippen molar-refractivity contribution >= 4 is 0 Å². The van der Waals surface area contributed by atoms with Crippen LogP contribution in [0.25, 0.3) is 0 Å². The molecule has 0 aromatic heterocycles. The number of phenolic OH excluding ortho intramolecular Hbond substituents is 1. The van der Waals surface area contributed by atoms with Crippen molar-refractivity contribution in [2.75, 3.05) is 0 Å². The molecule has 0 bridgehead atoms. The van der Waals surface area contributed by atoms with Crippen LogP contribution in [0.5, 0.6) is 11.5 Å². The van der Waals surface area contributed by atoms with E-state index in [0.717, 1.165) is 19.3 Å². The minimum atomic E-state index is -3.18. The average Bonchev–Trinajstić information content (AvgIpc) is 2.60. The van der Waals surface area contributed by atoms with Crippen molar-refractivity contribution in [1.82, 2.24) is 0 Å². The Balaban J connectivity index is 2.34. The van der Waals surface area contributed by atoms with Gasteiger partial charge in [-0.1, -0.05) is 31.4 Å². The molecule has 0 fully saturated rings. The lowest BCUT2D eigenvalue weighted by Gasteiger charge is -2.46. The molecule has 23 heavy (non-hydrogen) atoms. The molecular weight excluding hydrogens is 284 g/mol. The minimum absolute atomic E-state index is 0.0132. The zero-order valence-electron chi connectivity index (χ0n) is 22.7. The maximum absolute atomic E-state index is 10.9. The number of hydrogen-bond acceptors (Lipinski definition) is 2. The molecular formula is C21H30O2. The molecule has 126 valence electrons. The van der Waals surface area contributed by atoms with Crippen LogP contribution in [0.15, 0.2) is 23.8 Å². The van der Waals surface area contributed by atoms with Crippen molar-refractivity contribution in [1.29, 1.82) is 0 Å². The third kappa shape index (κ3) is 3.13. The second kappa shape index (κ2) is 6.22. The highest BCUT2D eigenvalue weighted by molar-refractivity contribution is 5.53. The summed E-state index contributed by atoms with van der Waals surface area (Å²) in [6, 6.07) is 3.03. The van der Waals surface area contributed by atoms with E-state index in [1.807, 2.05) is 0 Å². The summed E-state index contributed by atoms with van der Waals surface area (Å²) in [4.78, 5) is 0. The van der Waals surface area contributed by atoms with Gasteiger partial charge in [-0.05, 0) is 64.0 Å². The number of aromatic hydroxyl groups is 1. The Bertz CT molecular complexity index is 903. The molecule has 1 aliphatic carbocycles. The van der Waals surface area contributed by atoms with E-state index in [2.05, 4.69) is 6.92 Å². The van der Waals surface area contributed by atoms with Crippen molar-refractivity contribution in [3.8, 4) is 11.5 Å². The van der Waals surface area contributed by atoms with Crippen molar-refractivity contribution in [3.63, 3.8) is 0 Å². The van der Waals surface area contributed by atoms with Gasteiger partial charge in [-0.15, -0.1) is 0 Å². The molecule has 2 aliphatic rings. The number of rotatable bonds is 4. The van der Waals surface area contributed by atoms with Crippen molar-refractivity contribution < 1.29 is 22.2 Å². The molecule has 1 N–H and O–H groups in total. The van der Waals surface area contributed by atoms with Crippen LogP contribution in [-0.4, -0.2) is 10.7 Å². The van der Waals surface area contributed by atoms with E-state index >= 15 is 0 Å². The van der Waals surface area contributed by atoms with Crippen LogP contribution in [0, 0.1) is 5.92 Å². The SMILES string of the molecule is [2H]C1([2H])C[C@H]2C(C([2H])([2H])[2H])(C([2H])([2H])[2H])Oc3cc(CCCCC)cc(O)c3[C@]2([2H])C=C1C. The van der Waals surface area contributed by atoms with Gasteiger partial charge in [0, 0.05) is 29.7 Å². The first kappa shape index (κ1) is 8.60. The fraction of sp³-hybridized carbons (Fsp3) is 0.619. The summed E-state index contributed by atoms with van der Waals surface area (Å²) < 4.78 is 80.7. The standard InChI is InChI=1S/C21H30O2/c1-5-6-7-8-15-12-18(22)20-16-11-14(2)9-10-17(16)21(3,4)23-19(20)13-15/h11-13,16-17,22H,5-10H2,1-4H3/t16-,17-/m1/s1/i3D3,4D3,9D2,16D. The van der Waals surface area contributed by atoms with Gasteiger partial charge in [-0.3, -0.25) is 0 Å². The number of fused-ring (bicyclic) bond motifs is 3. The van der Waals surface area contributed by atoms with E-state index in [-0.39, 0.29) is 22.6 Å². The van der Waals surface area contributed by atoms with Crippen LogP contribution in [-0.2, 0) is 6.42 Å². The van der Waals surface area contributed by atoms with Gasteiger partial charge in [0.2, 0.25) is 0 Å². The molecule has 2 nitrogen and oxygen atoms in total. The Morgan fingerprint density at radius 1 is 1.43 bits per heavy atom. The summed E-state index contributed by atoms with van der Waals surface area (Å²) >= 11 is 0. The number of unbranched alkanes of at least 4 members (excludes halogenated alkanes) is 2. The zero-order chi connectivity index (χ0) is 24.3. The molecule has 0 saturated carbocycles. The number of phenols is 1. The van der Waals surface area contributed by atoms with Gasteiger partial charge >= 0.3 is 0 Å². The van der Waals surface area contributed by atoms with Crippen LogP contribution >= 0.6 is 0 Å². The van der Waals surface area contributed by atoms with Gasteiger partial charge < -0.3 is 9.84 Å². The van der Waals surface area contributed by atoms with Crippen molar-refractivity contribution in [2.24, 2.45) is 5.92 Å². The van der Waals surface area contributed by atoms with Crippen LogP contribution in [0.2, 0.25) is 0 Å². The quantitative estimate of drug-likeness (QED) is 0.566. The number of allylic oxidation sites excluding steroid dienone is 2. The van der Waals surface area contributed by atoms with Gasteiger partial charge in [0.05, 0.1) is 0 Å². The van der Waals surface area contributed by atoms with Crippen LogP contribution in [0.4, 0.5) is 0 Å². The summed E-state index contributed by atoms with van der Waals surface area (Å²) in [6.07, 6.45) is 2.04. The van der Waals surface area contributed by atoms with Crippen LogP contribution in [0.3, 0.4) is 0 Å². The summed E-state index contributed by atoms with van der Waals surface area (Å²) in [6.45, 7) is -2.83. The third-order valence-electron chi connectivity index (χ3n) is 4.59. The summed E-state index contributed by atoms with van der Waals surface area (Å²) in [5.41, 5.74) is -1.98. The number of ether oxygens (including phenoxy) is 1. The molecule has 1 aromatic rings. The Kier molecular flexibility index (Phi) is 2.33. The van der Waals surface area contributed by atoms with Gasteiger partial charge in [0.25, 0.3) is 0 Å². The third-order valence-corrected chi connectivity index (χ3v) is 4.59. The molecule has 0 amide bonds. The Labute approximate surface area is 153 Å². The van der Waals surface area contributed by atoms with Gasteiger partial charge in [-0.25, -0.2) is 0 Å². The number of benzene rings is 1. The zero-order valence-corrected chi connectivity index (χ0v) is 13.7. The monoisotopic (exact) mass is 323 g/mol. The highest BCUT2D eigenvalue weighted by atomic mass is 16.5. The first-order valence-corrected chi connectivity index (χ1v) is 8.26. The number of aryl methyl sites for hydroxylation is 1. The highest BCUT2D eigenvalue weighted by Gasteiger charge is 2.45. The minimum Gasteiger partial charge on any atom is -0.507 e. The Morgan fingerprint density at radius 2 is 2.26 bits per heavy atom. The molecule has 1 aliphatic heterocycles. The summed E-state index contributed by atoms with van der Waals surface area (Å²) in [5.74, 6) is -3.98. The lowest BCUT2D eigenvalue weighted by molar-refractivity contribution is 0.0107. The Hall–Kier alpha value is -1.44. The van der Waals surface area contributed by atoms with E-state index < -0.39 is 43.9 Å². The molecule has 0 saturated heterocycles. The summed E-state index contributed by atoms with van der Waals surface area (Å²) in [7, 11) is 0. The summed E-state index contributed by atoms with van der Waals surface area (Å²) in [5, 5.41) is 10.9. The highest BCUT2D eigenvalue weighted by Crippen LogP contribution is 2.53. The van der Waals surface area contributed by atoms with Crippen molar-refractivity contribution in [3.05, 3.63) is 34.9 Å². The Morgan fingerprint density at radius 3 is 3.00 bits per heavy atom. The van der Waals surface area contributed by atoms with Crippen LogP contribution < -0.4 is 4.74 Å². The average molecular weight is 324 g/mol. The normalized spacial score (nSPS) is 37.4. The van der Waals surface area contributed by atoms with E-state index in [1.54, 1.807) is 0 Å².